The Balaban J connectivity index is 1.47. The molecule has 0 aliphatic rings. The van der Waals surface area contributed by atoms with E-state index in [0.717, 1.165) is 11.4 Å². The van der Waals surface area contributed by atoms with E-state index >= 15 is 0 Å². The van der Waals surface area contributed by atoms with E-state index in [9.17, 15) is 9.18 Å². The Labute approximate surface area is 173 Å². The minimum Gasteiger partial charge on any atom is -0.439 e. The van der Waals surface area contributed by atoms with Crippen molar-refractivity contribution in [3.05, 3.63) is 96.2 Å². The lowest BCUT2D eigenvalue weighted by atomic mass is 10.2. The minimum atomic E-state index is -0.338. The lowest BCUT2D eigenvalue weighted by Gasteiger charge is -2.09. The van der Waals surface area contributed by atoms with Crippen LogP contribution in [0.25, 0.3) is 5.69 Å². The van der Waals surface area contributed by atoms with Gasteiger partial charge < -0.3 is 10.1 Å². The van der Waals surface area contributed by atoms with Crippen molar-refractivity contribution in [2.45, 2.75) is 13.3 Å². The Hall–Kier alpha value is -4.00. The smallest absolute Gasteiger partial charge is 0.259 e. The summed E-state index contributed by atoms with van der Waals surface area (Å²) < 4.78 is 20.3. The molecule has 2 heterocycles. The van der Waals surface area contributed by atoms with Gasteiger partial charge in [-0.1, -0.05) is 25.1 Å². The van der Waals surface area contributed by atoms with Crippen LogP contribution in [0.5, 0.6) is 11.6 Å². The molecule has 0 aliphatic carbocycles. The summed E-state index contributed by atoms with van der Waals surface area (Å²) in [5.41, 5.74) is 2.76. The standard InChI is InChI=1S/C23H19FN4O2/c1-2-21-20(15-26-28(21)18-6-4-3-5-7-18)23(29)27-17-10-13-22(25-14-17)30-19-11-8-16(24)9-12-19/h3-15H,2H2,1H3,(H,27,29). The van der Waals surface area contributed by atoms with Crippen LogP contribution in [-0.2, 0) is 6.42 Å². The molecule has 1 N–H and O–H groups in total. The fourth-order valence-electron chi connectivity index (χ4n) is 3.03. The maximum atomic E-state index is 13.0. The quantitative estimate of drug-likeness (QED) is 0.492. The van der Waals surface area contributed by atoms with Crippen molar-refractivity contribution in [2.24, 2.45) is 0 Å². The average molecular weight is 402 g/mol. The number of carbonyl (C=O) groups is 1. The van der Waals surface area contributed by atoms with E-state index in [1.54, 1.807) is 23.0 Å². The number of pyridine rings is 1. The third-order valence-corrected chi connectivity index (χ3v) is 4.48. The zero-order chi connectivity index (χ0) is 20.9. The lowest BCUT2D eigenvalue weighted by Crippen LogP contribution is -2.14. The van der Waals surface area contributed by atoms with Gasteiger partial charge in [-0.3, -0.25) is 4.79 Å². The molecular formula is C23H19FN4O2. The molecular weight excluding hydrogens is 383 g/mol. The molecule has 0 unspecified atom stereocenters. The third kappa shape index (κ3) is 4.20. The number of para-hydroxylation sites is 1. The summed E-state index contributed by atoms with van der Waals surface area (Å²) in [6.07, 6.45) is 3.73. The Morgan fingerprint density at radius 1 is 1.03 bits per heavy atom. The fraction of sp³-hybridized carbons (Fsp3) is 0.0870. The summed E-state index contributed by atoms with van der Waals surface area (Å²) in [4.78, 5) is 17.0. The largest absolute Gasteiger partial charge is 0.439 e. The number of aromatic nitrogens is 3. The van der Waals surface area contributed by atoms with Crippen LogP contribution in [0.3, 0.4) is 0 Å². The van der Waals surface area contributed by atoms with Gasteiger partial charge in [0.1, 0.15) is 11.6 Å². The van der Waals surface area contributed by atoms with Gasteiger partial charge in [-0.15, -0.1) is 0 Å². The van der Waals surface area contributed by atoms with Crippen LogP contribution in [0.4, 0.5) is 10.1 Å². The van der Waals surface area contributed by atoms with E-state index in [4.69, 9.17) is 4.74 Å². The van der Waals surface area contributed by atoms with Crippen molar-refractivity contribution in [2.75, 3.05) is 5.32 Å². The summed E-state index contributed by atoms with van der Waals surface area (Å²) in [7, 11) is 0. The monoisotopic (exact) mass is 402 g/mol. The highest BCUT2D eigenvalue weighted by Crippen LogP contribution is 2.22. The normalized spacial score (nSPS) is 10.6. The van der Waals surface area contributed by atoms with Gasteiger partial charge in [0.2, 0.25) is 5.88 Å². The predicted molar refractivity (Wildman–Crippen MR) is 112 cm³/mol. The number of benzene rings is 2. The molecule has 0 spiro atoms. The number of nitrogens with one attached hydrogen (secondary N) is 1. The number of hydrogen-bond acceptors (Lipinski definition) is 4. The predicted octanol–water partition coefficient (Wildman–Crippen LogP) is 5.01. The highest BCUT2D eigenvalue weighted by Gasteiger charge is 2.17. The van der Waals surface area contributed by atoms with Crippen LogP contribution < -0.4 is 10.1 Å². The van der Waals surface area contributed by atoms with E-state index in [1.807, 2.05) is 37.3 Å². The molecule has 30 heavy (non-hydrogen) atoms. The third-order valence-electron chi connectivity index (χ3n) is 4.48. The molecule has 0 atom stereocenters. The first-order valence-electron chi connectivity index (χ1n) is 9.47. The van der Waals surface area contributed by atoms with Gasteiger partial charge in [-0.05, 0) is 48.9 Å². The first-order valence-corrected chi connectivity index (χ1v) is 9.47. The second kappa shape index (κ2) is 8.57. The van der Waals surface area contributed by atoms with Crippen molar-refractivity contribution in [1.29, 1.82) is 0 Å². The molecule has 2 aromatic heterocycles. The summed E-state index contributed by atoms with van der Waals surface area (Å²) in [5.74, 6) is 0.214. The van der Waals surface area contributed by atoms with Gasteiger partial charge in [-0.2, -0.15) is 5.10 Å². The summed E-state index contributed by atoms with van der Waals surface area (Å²) >= 11 is 0. The van der Waals surface area contributed by atoms with Crippen molar-refractivity contribution in [3.8, 4) is 17.3 Å². The average Bonchev–Trinajstić information content (AvgIpc) is 3.21. The number of halogens is 1. The SMILES string of the molecule is CCc1c(C(=O)Nc2ccc(Oc3ccc(F)cc3)nc2)cnn1-c1ccccc1. The Bertz CT molecular complexity index is 1140. The van der Waals surface area contributed by atoms with E-state index in [1.165, 1.54) is 30.5 Å². The Morgan fingerprint density at radius 3 is 2.47 bits per heavy atom. The number of rotatable bonds is 6. The molecule has 0 radical (unpaired) electrons. The van der Waals surface area contributed by atoms with E-state index in [0.29, 0.717) is 29.3 Å². The highest BCUT2D eigenvalue weighted by molar-refractivity contribution is 6.05. The number of amides is 1. The number of nitrogens with zero attached hydrogens (tertiary/aromatic N) is 3. The maximum Gasteiger partial charge on any atom is 0.259 e. The van der Waals surface area contributed by atoms with E-state index in [-0.39, 0.29) is 11.7 Å². The molecule has 4 aromatic rings. The van der Waals surface area contributed by atoms with Crippen molar-refractivity contribution in [1.82, 2.24) is 14.8 Å². The molecule has 1 amide bonds. The molecule has 0 saturated heterocycles. The summed E-state index contributed by atoms with van der Waals surface area (Å²) in [6, 6.07) is 18.7. The summed E-state index contributed by atoms with van der Waals surface area (Å²) in [5, 5.41) is 7.22. The van der Waals surface area contributed by atoms with Crippen molar-refractivity contribution >= 4 is 11.6 Å². The number of carbonyl (C=O) groups excluding carboxylic acids is 1. The van der Waals surface area contributed by atoms with Crippen LogP contribution in [0, 0.1) is 5.82 Å². The second-order valence-electron chi connectivity index (χ2n) is 6.50. The van der Waals surface area contributed by atoms with Gasteiger partial charge in [0.05, 0.1) is 35.0 Å². The number of anilines is 1. The molecule has 0 bridgehead atoms. The number of hydrogen-bond donors (Lipinski definition) is 1. The zero-order valence-corrected chi connectivity index (χ0v) is 16.2. The Morgan fingerprint density at radius 2 is 1.80 bits per heavy atom. The van der Waals surface area contributed by atoms with Crippen molar-refractivity contribution < 1.29 is 13.9 Å². The van der Waals surface area contributed by atoms with Crippen LogP contribution in [0.2, 0.25) is 0 Å². The van der Waals surface area contributed by atoms with Crippen LogP contribution in [-0.4, -0.2) is 20.7 Å². The van der Waals surface area contributed by atoms with E-state index in [2.05, 4.69) is 15.4 Å². The minimum absolute atomic E-state index is 0.261. The van der Waals surface area contributed by atoms with Gasteiger partial charge in [-0.25, -0.2) is 14.1 Å². The van der Waals surface area contributed by atoms with Gasteiger partial charge >= 0.3 is 0 Å². The first kappa shape index (κ1) is 19.3. The molecule has 2 aromatic carbocycles. The zero-order valence-electron chi connectivity index (χ0n) is 16.2. The van der Waals surface area contributed by atoms with E-state index < -0.39 is 0 Å². The topological polar surface area (TPSA) is 69.0 Å². The van der Waals surface area contributed by atoms with Crippen LogP contribution >= 0.6 is 0 Å². The molecule has 4 rings (SSSR count). The highest BCUT2D eigenvalue weighted by atomic mass is 19.1. The van der Waals surface area contributed by atoms with Gasteiger partial charge in [0.25, 0.3) is 5.91 Å². The number of ether oxygens (including phenoxy) is 1. The molecule has 7 heteroatoms. The second-order valence-corrected chi connectivity index (χ2v) is 6.50. The Kier molecular flexibility index (Phi) is 5.52. The fourth-order valence-corrected chi connectivity index (χ4v) is 3.03. The molecule has 0 aliphatic heterocycles. The van der Waals surface area contributed by atoms with Crippen molar-refractivity contribution in [3.63, 3.8) is 0 Å². The first-order chi connectivity index (χ1) is 14.6. The molecule has 0 fully saturated rings. The van der Waals surface area contributed by atoms with Gasteiger partial charge in [0.15, 0.2) is 0 Å². The van der Waals surface area contributed by atoms with Crippen LogP contribution in [0.1, 0.15) is 23.0 Å². The maximum absolute atomic E-state index is 13.0. The molecule has 6 nitrogen and oxygen atoms in total. The lowest BCUT2D eigenvalue weighted by molar-refractivity contribution is 0.102. The summed E-state index contributed by atoms with van der Waals surface area (Å²) in [6.45, 7) is 1.98. The molecule has 150 valence electrons. The van der Waals surface area contributed by atoms with Gasteiger partial charge in [0, 0.05) is 6.07 Å². The molecule has 0 saturated carbocycles. The van der Waals surface area contributed by atoms with Crippen LogP contribution in [0.15, 0.2) is 79.1 Å².